The second-order valence-electron chi connectivity index (χ2n) is 6.26. The van der Waals surface area contributed by atoms with Gasteiger partial charge in [0.05, 0.1) is 0 Å². The molecule has 0 spiro atoms. The van der Waals surface area contributed by atoms with Gasteiger partial charge in [0.2, 0.25) is 11.9 Å². The summed E-state index contributed by atoms with van der Waals surface area (Å²) in [6.45, 7) is 0.367. The number of carbonyl (C=O) groups is 2. The van der Waals surface area contributed by atoms with E-state index in [0.717, 1.165) is 22.5 Å². The van der Waals surface area contributed by atoms with Crippen molar-refractivity contribution in [3.05, 3.63) is 82.6 Å². The Hall–Kier alpha value is -3.06. The van der Waals surface area contributed by atoms with Crippen LogP contribution in [-0.4, -0.2) is 27.7 Å². The Labute approximate surface area is 159 Å². The van der Waals surface area contributed by atoms with E-state index in [2.05, 4.69) is 10.3 Å². The fraction of sp³-hybridized carbons (Fsp3) is 0.150. The summed E-state index contributed by atoms with van der Waals surface area (Å²) in [4.78, 5) is 31.0. The highest BCUT2D eigenvalue weighted by molar-refractivity contribution is 7.13. The number of carbonyl (C=O) groups excluding carboxylic acids is 2. The van der Waals surface area contributed by atoms with Crippen LogP contribution in [0.1, 0.15) is 21.5 Å². The molecule has 2 heterocycles. The van der Waals surface area contributed by atoms with E-state index >= 15 is 0 Å². The maximum Gasteiger partial charge on any atom is 0.255 e. The number of thiazole rings is 1. The number of anilines is 1. The third-order valence-electron chi connectivity index (χ3n) is 4.51. The molecule has 0 fully saturated rings. The molecule has 0 radical (unpaired) electrons. The van der Waals surface area contributed by atoms with Crippen molar-refractivity contribution < 1.29 is 14.0 Å². The monoisotopic (exact) mass is 381 g/mol. The molecule has 1 aliphatic rings. The Morgan fingerprint density at radius 1 is 1.19 bits per heavy atom. The van der Waals surface area contributed by atoms with Crippen molar-refractivity contribution in [3.63, 3.8) is 0 Å². The number of hydrogen-bond acceptors (Lipinski definition) is 4. The molecule has 4 rings (SSSR count). The second-order valence-corrected chi connectivity index (χ2v) is 7.12. The van der Waals surface area contributed by atoms with Gasteiger partial charge in [-0.15, -0.1) is 11.3 Å². The number of amides is 2. The van der Waals surface area contributed by atoms with Crippen LogP contribution in [0.25, 0.3) is 0 Å². The van der Waals surface area contributed by atoms with Gasteiger partial charge in [-0.25, -0.2) is 0 Å². The molecule has 1 N–H and O–H groups in total. The average molecular weight is 381 g/mol. The standard InChI is InChI=1S/C20H16FN3O2S/c21-17-12-27-20(22-17)23-18(25)16(10-13-6-2-1-3-7-13)24-11-14-8-4-5-9-15(14)19(24)26/h1-9,12,16H,10-11H2,(H,22,23,25)/t16-/m1/s1. The molecule has 2 amide bonds. The Morgan fingerprint density at radius 3 is 2.63 bits per heavy atom. The number of hydrogen-bond donors (Lipinski definition) is 1. The zero-order valence-electron chi connectivity index (χ0n) is 14.3. The zero-order valence-corrected chi connectivity index (χ0v) is 15.1. The largest absolute Gasteiger partial charge is 0.322 e. The van der Waals surface area contributed by atoms with Crippen molar-refractivity contribution in [3.8, 4) is 0 Å². The lowest BCUT2D eigenvalue weighted by molar-refractivity contribution is -0.120. The number of rotatable bonds is 5. The van der Waals surface area contributed by atoms with Gasteiger partial charge >= 0.3 is 0 Å². The van der Waals surface area contributed by atoms with Crippen LogP contribution in [0.5, 0.6) is 0 Å². The van der Waals surface area contributed by atoms with Crippen molar-refractivity contribution >= 4 is 28.3 Å². The minimum atomic E-state index is -0.723. The summed E-state index contributed by atoms with van der Waals surface area (Å²) in [5, 5.41) is 4.04. The Morgan fingerprint density at radius 2 is 1.93 bits per heavy atom. The molecule has 0 saturated carbocycles. The molecule has 0 saturated heterocycles. The van der Waals surface area contributed by atoms with E-state index in [1.54, 1.807) is 11.0 Å². The highest BCUT2D eigenvalue weighted by Gasteiger charge is 2.36. The SMILES string of the molecule is O=C(Nc1nc(F)cs1)[C@@H](Cc1ccccc1)N1Cc2ccccc2C1=O. The molecule has 1 aliphatic heterocycles. The lowest BCUT2D eigenvalue weighted by Gasteiger charge is -2.26. The van der Waals surface area contributed by atoms with Crippen molar-refractivity contribution in [1.82, 2.24) is 9.88 Å². The quantitative estimate of drug-likeness (QED) is 0.736. The maximum atomic E-state index is 13.2. The first-order valence-corrected chi connectivity index (χ1v) is 9.34. The third-order valence-corrected chi connectivity index (χ3v) is 5.24. The van der Waals surface area contributed by atoms with E-state index < -0.39 is 12.0 Å². The topological polar surface area (TPSA) is 62.3 Å². The van der Waals surface area contributed by atoms with Crippen molar-refractivity contribution in [2.45, 2.75) is 19.0 Å². The van der Waals surface area contributed by atoms with E-state index in [1.807, 2.05) is 48.5 Å². The molecule has 0 unspecified atom stereocenters. The first kappa shape index (κ1) is 17.4. The van der Waals surface area contributed by atoms with Gasteiger partial charge in [-0.2, -0.15) is 9.37 Å². The third kappa shape index (κ3) is 3.59. The van der Waals surface area contributed by atoms with Gasteiger partial charge < -0.3 is 10.2 Å². The molecule has 1 atom stereocenters. The molecular weight excluding hydrogens is 365 g/mol. The Bertz CT molecular complexity index is 990. The van der Waals surface area contributed by atoms with E-state index in [9.17, 15) is 14.0 Å². The lowest BCUT2D eigenvalue weighted by Crippen LogP contribution is -2.45. The van der Waals surface area contributed by atoms with Gasteiger partial charge in [0, 0.05) is 23.9 Å². The van der Waals surface area contributed by atoms with E-state index in [1.165, 1.54) is 5.38 Å². The van der Waals surface area contributed by atoms with Crippen molar-refractivity contribution in [2.24, 2.45) is 0 Å². The van der Waals surface area contributed by atoms with Gasteiger partial charge in [0.1, 0.15) is 6.04 Å². The van der Waals surface area contributed by atoms with E-state index in [4.69, 9.17) is 0 Å². The molecule has 7 heteroatoms. The first-order valence-electron chi connectivity index (χ1n) is 8.46. The summed E-state index contributed by atoms with van der Waals surface area (Å²) in [7, 11) is 0. The van der Waals surface area contributed by atoms with Crippen LogP contribution in [0.15, 0.2) is 60.0 Å². The lowest BCUT2D eigenvalue weighted by atomic mass is 10.0. The van der Waals surface area contributed by atoms with Crippen molar-refractivity contribution in [1.29, 1.82) is 0 Å². The molecular formula is C20H16FN3O2S. The van der Waals surface area contributed by atoms with E-state index in [0.29, 0.717) is 18.5 Å². The van der Waals surface area contributed by atoms with Gasteiger partial charge in [0.15, 0.2) is 5.13 Å². The summed E-state index contributed by atoms with van der Waals surface area (Å²) in [6.07, 6.45) is 0.361. The highest BCUT2D eigenvalue weighted by Crippen LogP contribution is 2.26. The van der Waals surface area contributed by atoms with Crippen LogP contribution in [-0.2, 0) is 17.8 Å². The number of nitrogens with zero attached hydrogens (tertiary/aromatic N) is 2. The van der Waals surface area contributed by atoms with Crippen LogP contribution in [0.4, 0.5) is 9.52 Å². The number of halogens is 1. The predicted molar refractivity (Wildman–Crippen MR) is 101 cm³/mol. The smallest absolute Gasteiger partial charge is 0.255 e. The molecule has 3 aromatic rings. The number of aromatic nitrogens is 1. The summed E-state index contributed by atoms with van der Waals surface area (Å²) in [6, 6.07) is 16.1. The molecule has 27 heavy (non-hydrogen) atoms. The van der Waals surface area contributed by atoms with Crippen molar-refractivity contribution in [2.75, 3.05) is 5.32 Å². The normalized spacial score (nSPS) is 14.1. The minimum Gasteiger partial charge on any atom is -0.322 e. The molecule has 2 aromatic carbocycles. The molecule has 5 nitrogen and oxygen atoms in total. The van der Waals surface area contributed by atoms with E-state index in [-0.39, 0.29) is 16.9 Å². The Balaban J connectivity index is 1.62. The minimum absolute atomic E-state index is 0.174. The van der Waals surface area contributed by atoms with Gasteiger partial charge in [-0.3, -0.25) is 9.59 Å². The number of fused-ring (bicyclic) bond motifs is 1. The molecule has 0 bridgehead atoms. The predicted octanol–water partition coefficient (Wildman–Crippen LogP) is 3.49. The fourth-order valence-electron chi connectivity index (χ4n) is 3.21. The Kier molecular flexibility index (Phi) is 4.68. The van der Waals surface area contributed by atoms with Crippen LogP contribution in [0.2, 0.25) is 0 Å². The molecule has 0 aliphatic carbocycles. The summed E-state index contributed by atoms with van der Waals surface area (Å²) >= 11 is 1.01. The molecule has 136 valence electrons. The fourth-order valence-corrected chi connectivity index (χ4v) is 3.77. The first-order chi connectivity index (χ1) is 13.1. The van der Waals surface area contributed by atoms with Gasteiger partial charge in [-0.05, 0) is 17.2 Å². The van der Waals surface area contributed by atoms with Crippen LogP contribution < -0.4 is 5.32 Å². The number of benzene rings is 2. The average Bonchev–Trinajstić information content (AvgIpc) is 3.24. The molecule has 1 aromatic heterocycles. The van der Waals surface area contributed by atoms with Gasteiger partial charge in [-0.1, -0.05) is 48.5 Å². The second kappa shape index (κ2) is 7.28. The van der Waals surface area contributed by atoms with Crippen LogP contribution >= 0.6 is 11.3 Å². The summed E-state index contributed by atoms with van der Waals surface area (Å²) < 4.78 is 13.2. The van der Waals surface area contributed by atoms with Crippen LogP contribution in [0, 0.1) is 5.95 Å². The maximum absolute atomic E-state index is 13.2. The zero-order chi connectivity index (χ0) is 18.8. The summed E-state index contributed by atoms with van der Waals surface area (Å²) in [5.74, 6) is -1.19. The van der Waals surface area contributed by atoms with Crippen LogP contribution in [0.3, 0.4) is 0 Å². The van der Waals surface area contributed by atoms with Gasteiger partial charge in [0.25, 0.3) is 5.91 Å². The highest BCUT2D eigenvalue weighted by atomic mass is 32.1. The number of nitrogens with one attached hydrogen (secondary N) is 1. The summed E-state index contributed by atoms with van der Waals surface area (Å²) in [5.41, 5.74) is 2.45.